The minimum atomic E-state index is -1.10. The Bertz CT molecular complexity index is 626. The monoisotopic (exact) mass is 290 g/mol. The average Bonchev–Trinajstić information content (AvgIpc) is 2.43. The minimum absolute atomic E-state index is 0.0314. The molecular weight excluding hydrogens is 275 g/mol. The third kappa shape index (κ3) is 3.20. The summed E-state index contributed by atoms with van der Waals surface area (Å²) in [6.45, 7) is 0. The van der Waals surface area contributed by atoms with Gasteiger partial charge < -0.3 is 5.11 Å². The summed E-state index contributed by atoms with van der Waals surface area (Å²) in [5.74, 6) is -0.738. The molecule has 2 aromatic carbocycles. The molecule has 0 unspecified atom stereocenters. The molecule has 104 valence electrons. The van der Waals surface area contributed by atoms with Gasteiger partial charge in [-0.2, -0.15) is 11.8 Å². The van der Waals surface area contributed by atoms with Gasteiger partial charge in [-0.05, 0) is 29.5 Å². The highest BCUT2D eigenvalue weighted by atomic mass is 32.2. The molecular formula is C16H15FO2S. The van der Waals surface area contributed by atoms with Crippen LogP contribution in [0.2, 0.25) is 0 Å². The van der Waals surface area contributed by atoms with E-state index in [-0.39, 0.29) is 11.1 Å². The number of aromatic carboxylic acids is 1. The Hall–Kier alpha value is -1.81. The Morgan fingerprint density at radius 3 is 2.50 bits per heavy atom. The zero-order valence-corrected chi connectivity index (χ0v) is 11.9. The van der Waals surface area contributed by atoms with Crippen molar-refractivity contribution < 1.29 is 14.3 Å². The Labute approximate surface area is 121 Å². The predicted molar refractivity (Wildman–Crippen MR) is 79.8 cm³/mol. The summed E-state index contributed by atoms with van der Waals surface area (Å²) in [5, 5.41) is 9.17. The molecule has 0 bridgehead atoms. The predicted octanol–water partition coefficient (Wildman–Crippen LogP) is 3.98. The zero-order chi connectivity index (χ0) is 14.5. The number of halogens is 1. The molecule has 2 aromatic rings. The van der Waals surface area contributed by atoms with E-state index in [2.05, 4.69) is 0 Å². The Morgan fingerprint density at radius 1 is 1.15 bits per heavy atom. The average molecular weight is 290 g/mol. The molecule has 0 fully saturated rings. The molecule has 20 heavy (non-hydrogen) atoms. The molecule has 0 aliphatic carbocycles. The number of thioether (sulfide) groups is 1. The van der Waals surface area contributed by atoms with Crippen LogP contribution in [-0.4, -0.2) is 17.3 Å². The molecule has 2 nitrogen and oxygen atoms in total. The quantitative estimate of drug-likeness (QED) is 0.905. The molecule has 2 rings (SSSR count). The fourth-order valence-electron chi connectivity index (χ4n) is 2.16. The van der Waals surface area contributed by atoms with Crippen molar-refractivity contribution in [2.75, 3.05) is 6.26 Å². The van der Waals surface area contributed by atoms with Gasteiger partial charge in [0.2, 0.25) is 0 Å². The Kier molecular flexibility index (Phi) is 4.79. The molecule has 0 spiro atoms. The molecule has 0 atom stereocenters. The number of hydrogen-bond acceptors (Lipinski definition) is 2. The molecule has 0 saturated carbocycles. The highest BCUT2D eigenvalue weighted by Crippen LogP contribution is 2.22. The van der Waals surface area contributed by atoms with Crippen LogP contribution in [0, 0.1) is 5.82 Å². The summed E-state index contributed by atoms with van der Waals surface area (Å²) in [4.78, 5) is 11.2. The number of carbonyl (C=O) groups is 1. The van der Waals surface area contributed by atoms with Gasteiger partial charge in [-0.1, -0.05) is 30.3 Å². The molecule has 0 heterocycles. The van der Waals surface area contributed by atoms with Crippen molar-refractivity contribution in [3.8, 4) is 0 Å². The maximum Gasteiger partial charge on any atom is 0.336 e. The normalized spacial score (nSPS) is 10.5. The van der Waals surface area contributed by atoms with E-state index in [0.29, 0.717) is 6.42 Å². The van der Waals surface area contributed by atoms with E-state index >= 15 is 0 Å². The second-order valence-electron chi connectivity index (χ2n) is 4.45. The number of benzene rings is 2. The molecule has 4 heteroatoms. The van der Waals surface area contributed by atoms with Gasteiger partial charge in [0.25, 0.3) is 0 Å². The van der Waals surface area contributed by atoms with Crippen LogP contribution < -0.4 is 0 Å². The van der Waals surface area contributed by atoms with Gasteiger partial charge in [0, 0.05) is 17.7 Å². The topological polar surface area (TPSA) is 37.3 Å². The first-order valence-corrected chi connectivity index (χ1v) is 7.59. The van der Waals surface area contributed by atoms with Crippen LogP contribution in [0.25, 0.3) is 0 Å². The first-order chi connectivity index (χ1) is 9.63. The Morgan fingerprint density at radius 2 is 1.85 bits per heavy atom. The lowest BCUT2D eigenvalue weighted by Crippen LogP contribution is -2.06. The van der Waals surface area contributed by atoms with Crippen molar-refractivity contribution in [2.24, 2.45) is 0 Å². The summed E-state index contributed by atoms with van der Waals surface area (Å²) in [7, 11) is 0. The van der Waals surface area contributed by atoms with E-state index in [1.54, 1.807) is 11.8 Å². The molecule has 0 radical (unpaired) electrons. The van der Waals surface area contributed by atoms with Crippen molar-refractivity contribution >= 4 is 17.7 Å². The summed E-state index contributed by atoms with van der Waals surface area (Å²) in [6, 6.07) is 11.9. The van der Waals surface area contributed by atoms with Crippen molar-refractivity contribution in [3.63, 3.8) is 0 Å². The summed E-state index contributed by atoms with van der Waals surface area (Å²) < 4.78 is 13.9. The highest BCUT2D eigenvalue weighted by Gasteiger charge is 2.15. The molecule has 0 aliphatic rings. The zero-order valence-electron chi connectivity index (χ0n) is 11.1. The first kappa shape index (κ1) is 14.6. The Balaban J connectivity index is 2.42. The van der Waals surface area contributed by atoms with Crippen molar-refractivity contribution in [1.29, 1.82) is 0 Å². The highest BCUT2D eigenvalue weighted by molar-refractivity contribution is 7.97. The van der Waals surface area contributed by atoms with Crippen LogP contribution in [0.3, 0.4) is 0 Å². The van der Waals surface area contributed by atoms with E-state index in [1.807, 2.05) is 30.5 Å². The summed E-state index contributed by atoms with van der Waals surface area (Å²) in [6.07, 6.45) is 2.30. The van der Waals surface area contributed by atoms with Crippen molar-refractivity contribution in [1.82, 2.24) is 0 Å². The molecule has 0 saturated heterocycles. The first-order valence-electron chi connectivity index (χ1n) is 6.20. The van der Waals surface area contributed by atoms with E-state index in [0.717, 1.165) is 16.9 Å². The number of carboxylic acid groups (broad SMARTS) is 1. The molecule has 0 aromatic heterocycles. The SMILES string of the molecule is CSCc1ccccc1Cc1c(F)cccc1C(=O)O. The van der Waals surface area contributed by atoms with Gasteiger partial charge in [-0.3, -0.25) is 0 Å². The standard InChI is InChI=1S/C16H15FO2S/c1-20-10-12-6-3-2-5-11(12)9-14-13(16(18)19)7-4-8-15(14)17/h2-8H,9-10H2,1H3,(H,18,19). The van der Waals surface area contributed by atoms with Crippen molar-refractivity contribution in [3.05, 3.63) is 70.5 Å². The second kappa shape index (κ2) is 6.57. The summed E-state index contributed by atoms with van der Waals surface area (Å²) in [5.41, 5.74) is 2.35. The fraction of sp³-hybridized carbons (Fsp3) is 0.188. The van der Waals surface area contributed by atoms with Gasteiger partial charge in [-0.15, -0.1) is 0 Å². The van der Waals surface area contributed by atoms with Crippen LogP contribution in [0.15, 0.2) is 42.5 Å². The maximum atomic E-state index is 13.9. The van der Waals surface area contributed by atoms with E-state index < -0.39 is 11.8 Å². The van der Waals surface area contributed by atoms with Gasteiger partial charge in [0.15, 0.2) is 0 Å². The molecule has 0 amide bonds. The van der Waals surface area contributed by atoms with Crippen LogP contribution in [0.1, 0.15) is 27.0 Å². The van der Waals surface area contributed by atoms with E-state index in [1.165, 1.54) is 18.2 Å². The number of rotatable bonds is 5. The van der Waals surface area contributed by atoms with Crippen LogP contribution >= 0.6 is 11.8 Å². The third-order valence-corrected chi connectivity index (χ3v) is 3.73. The second-order valence-corrected chi connectivity index (χ2v) is 5.32. The minimum Gasteiger partial charge on any atom is -0.478 e. The maximum absolute atomic E-state index is 13.9. The largest absolute Gasteiger partial charge is 0.478 e. The van der Waals surface area contributed by atoms with Crippen LogP contribution in [-0.2, 0) is 12.2 Å². The van der Waals surface area contributed by atoms with Crippen LogP contribution in [0.4, 0.5) is 4.39 Å². The molecule has 1 N–H and O–H groups in total. The molecule has 0 aliphatic heterocycles. The van der Waals surface area contributed by atoms with Crippen LogP contribution in [0.5, 0.6) is 0 Å². The smallest absolute Gasteiger partial charge is 0.336 e. The lowest BCUT2D eigenvalue weighted by molar-refractivity contribution is 0.0695. The lowest BCUT2D eigenvalue weighted by atomic mass is 9.96. The number of carboxylic acids is 1. The van der Waals surface area contributed by atoms with Crippen molar-refractivity contribution in [2.45, 2.75) is 12.2 Å². The number of hydrogen-bond donors (Lipinski definition) is 1. The van der Waals surface area contributed by atoms with Gasteiger partial charge in [0.1, 0.15) is 5.82 Å². The van der Waals surface area contributed by atoms with Gasteiger partial charge in [0.05, 0.1) is 5.56 Å². The lowest BCUT2D eigenvalue weighted by Gasteiger charge is -2.11. The van der Waals surface area contributed by atoms with E-state index in [4.69, 9.17) is 5.11 Å². The summed E-state index contributed by atoms with van der Waals surface area (Å²) >= 11 is 1.68. The third-order valence-electron chi connectivity index (χ3n) is 3.13. The fourth-order valence-corrected chi connectivity index (χ4v) is 2.75. The van der Waals surface area contributed by atoms with Gasteiger partial charge >= 0.3 is 5.97 Å². The van der Waals surface area contributed by atoms with Gasteiger partial charge in [-0.25, -0.2) is 9.18 Å². The van der Waals surface area contributed by atoms with E-state index in [9.17, 15) is 9.18 Å².